The number of carbonyl (C=O) groups excluding carboxylic acids is 2. The molecule has 2 aliphatic heterocycles. The number of likely N-dealkylation sites (tertiary alicyclic amines) is 1. The fourth-order valence-corrected chi connectivity index (χ4v) is 5.63. The summed E-state index contributed by atoms with van der Waals surface area (Å²) >= 11 is 0. The minimum Gasteiger partial charge on any atom is -0.384 e. The summed E-state index contributed by atoms with van der Waals surface area (Å²) in [5.74, 6) is 1.10. The van der Waals surface area contributed by atoms with Crippen LogP contribution >= 0.6 is 0 Å². The van der Waals surface area contributed by atoms with E-state index >= 15 is 0 Å². The number of urea groups is 1. The molecule has 1 atom stereocenters. The van der Waals surface area contributed by atoms with Crippen molar-refractivity contribution in [3.63, 3.8) is 0 Å². The molecule has 0 radical (unpaired) electrons. The average Bonchev–Trinajstić information content (AvgIpc) is 3.02. The van der Waals surface area contributed by atoms with Crippen LogP contribution in [0.2, 0.25) is 0 Å². The van der Waals surface area contributed by atoms with E-state index in [9.17, 15) is 9.59 Å². The van der Waals surface area contributed by atoms with E-state index in [1.165, 1.54) is 19.3 Å². The summed E-state index contributed by atoms with van der Waals surface area (Å²) in [6.45, 7) is 4.93. The quantitative estimate of drug-likeness (QED) is 0.309. The minimum atomic E-state index is -0.293. The van der Waals surface area contributed by atoms with Crippen molar-refractivity contribution in [1.29, 1.82) is 0 Å². The van der Waals surface area contributed by atoms with Crippen LogP contribution in [-0.4, -0.2) is 59.5 Å². The van der Waals surface area contributed by atoms with E-state index in [4.69, 9.17) is 5.73 Å². The lowest BCUT2D eigenvalue weighted by Crippen LogP contribution is -2.39. The summed E-state index contributed by atoms with van der Waals surface area (Å²) in [6, 6.07) is 15.0. The van der Waals surface area contributed by atoms with E-state index < -0.39 is 0 Å². The van der Waals surface area contributed by atoms with E-state index in [0.717, 1.165) is 62.4 Å². The van der Waals surface area contributed by atoms with Gasteiger partial charge in [0.25, 0.3) is 5.91 Å². The van der Waals surface area contributed by atoms with Gasteiger partial charge >= 0.3 is 6.03 Å². The Bertz CT molecular complexity index is 1290. The molecule has 41 heavy (non-hydrogen) atoms. The molecule has 5 N–H and O–H groups in total. The number of pyridine rings is 2. The molecule has 10 nitrogen and oxygen atoms in total. The fourth-order valence-electron chi connectivity index (χ4n) is 5.63. The van der Waals surface area contributed by atoms with Gasteiger partial charge in [0.1, 0.15) is 11.6 Å². The highest BCUT2D eigenvalue weighted by atomic mass is 16.2. The molecule has 0 saturated carbocycles. The number of nitrogens with two attached hydrogens (primary N) is 1. The van der Waals surface area contributed by atoms with Crippen molar-refractivity contribution in [2.45, 2.75) is 51.1 Å². The molecule has 2 aliphatic rings. The molecule has 2 saturated heterocycles. The van der Waals surface area contributed by atoms with Crippen LogP contribution in [0, 0.1) is 0 Å². The number of hydrogen-bond acceptors (Lipinski definition) is 7. The lowest BCUT2D eigenvalue weighted by Gasteiger charge is -2.38. The normalized spacial score (nSPS) is 17.6. The molecule has 0 bridgehead atoms. The van der Waals surface area contributed by atoms with Crippen LogP contribution in [0.15, 0.2) is 60.9 Å². The number of nitrogen functional groups attached to an aromatic ring is 1. The van der Waals surface area contributed by atoms with Crippen molar-refractivity contribution < 1.29 is 9.59 Å². The molecule has 1 unspecified atom stereocenters. The maximum Gasteiger partial charge on any atom is 0.319 e. The number of carbonyl (C=O) groups is 2. The molecular formula is C31H40N8O2. The topological polar surface area (TPSA) is 129 Å². The van der Waals surface area contributed by atoms with Crippen molar-refractivity contribution in [3.05, 3.63) is 77.6 Å². The number of amides is 3. The number of anilines is 3. The zero-order valence-corrected chi connectivity index (χ0v) is 23.5. The summed E-state index contributed by atoms with van der Waals surface area (Å²) in [7, 11) is 0. The smallest absolute Gasteiger partial charge is 0.319 e. The zero-order valence-electron chi connectivity index (χ0n) is 23.5. The van der Waals surface area contributed by atoms with Crippen molar-refractivity contribution in [1.82, 2.24) is 25.5 Å². The first-order valence-corrected chi connectivity index (χ1v) is 14.6. The number of aromatic nitrogens is 2. The maximum absolute atomic E-state index is 13.2. The molecule has 2 fully saturated rings. The molecule has 5 rings (SSSR count). The van der Waals surface area contributed by atoms with Gasteiger partial charge in [-0.3, -0.25) is 4.79 Å². The number of piperidine rings is 2. The van der Waals surface area contributed by atoms with Crippen LogP contribution in [0.5, 0.6) is 0 Å². The average molecular weight is 557 g/mol. The lowest BCUT2D eigenvalue weighted by molar-refractivity contribution is 0.0946. The molecule has 3 amide bonds. The predicted octanol–water partition coefficient (Wildman–Crippen LogP) is 4.33. The van der Waals surface area contributed by atoms with Gasteiger partial charge in [-0.25, -0.2) is 14.8 Å². The first-order chi connectivity index (χ1) is 20.1. The van der Waals surface area contributed by atoms with E-state index in [2.05, 4.69) is 35.7 Å². The molecule has 10 heteroatoms. The monoisotopic (exact) mass is 556 g/mol. The van der Waals surface area contributed by atoms with Gasteiger partial charge in [0.2, 0.25) is 0 Å². The molecule has 3 aromatic rings. The Kier molecular flexibility index (Phi) is 9.64. The largest absolute Gasteiger partial charge is 0.384 e. The zero-order chi connectivity index (χ0) is 28.4. The van der Waals surface area contributed by atoms with Gasteiger partial charge in [-0.2, -0.15) is 0 Å². The third kappa shape index (κ3) is 7.73. The second-order valence-corrected chi connectivity index (χ2v) is 10.8. The van der Waals surface area contributed by atoms with Gasteiger partial charge in [-0.05, 0) is 86.7 Å². The summed E-state index contributed by atoms with van der Waals surface area (Å²) in [6.07, 6.45) is 10.3. The highest BCUT2D eigenvalue weighted by Crippen LogP contribution is 2.36. The van der Waals surface area contributed by atoms with Crippen molar-refractivity contribution in [3.8, 4) is 0 Å². The number of nitrogens with one attached hydrogen (secondary N) is 3. The lowest BCUT2D eigenvalue weighted by atomic mass is 9.94. The van der Waals surface area contributed by atoms with E-state index in [0.29, 0.717) is 30.2 Å². The summed E-state index contributed by atoms with van der Waals surface area (Å²) in [5.41, 5.74) is 8.93. The third-order valence-electron chi connectivity index (χ3n) is 7.82. The highest BCUT2D eigenvalue weighted by Gasteiger charge is 2.28. The Balaban J connectivity index is 1.20. The van der Waals surface area contributed by atoms with Crippen LogP contribution in [0.3, 0.4) is 0 Å². The summed E-state index contributed by atoms with van der Waals surface area (Å²) < 4.78 is 0. The van der Waals surface area contributed by atoms with Crippen molar-refractivity contribution in [2.24, 2.45) is 0 Å². The van der Waals surface area contributed by atoms with Gasteiger partial charge in [-0.15, -0.1) is 0 Å². The Morgan fingerprint density at radius 3 is 2.49 bits per heavy atom. The molecular weight excluding hydrogens is 516 g/mol. The Labute approximate surface area is 241 Å². The van der Waals surface area contributed by atoms with E-state index in [1.54, 1.807) is 18.5 Å². The molecule has 0 aliphatic carbocycles. The van der Waals surface area contributed by atoms with Crippen LogP contribution in [-0.2, 0) is 6.54 Å². The predicted molar refractivity (Wildman–Crippen MR) is 162 cm³/mol. The standard InChI is InChI=1S/C31H40N8O2/c32-28-14-9-23(21-35-28)22-36-31(41)37-25-12-10-24(11-13-25)27-8-2-5-19-39(27)29-26(7-6-15-33-29)30(40)34-16-20-38-17-3-1-4-18-38/h6-7,9-15,21,27H,1-5,8,16-20,22H2,(H2,32,35)(H,34,40)(H2,36,37,41). The Morgan fingerprint density at radius 2 is 1.71 bits per heavy atom. The van der Waals surface area contributed by atoms with Crippen molar-refractivity contribution >= 4 is 29.3 Å². The van der Waals surface area contributed by atoms with E-state index in [1.807, 2.05) is 42.5 Å². The van der Waals surface area contributed by atoms with Gasteiger partial charge in [0.15, 0.2) is 0 Å². The van der Waals surface area contributed by atoms with Crippen LogP contribution in [0.1, 0.15) is 66.1 Å². The molecule has 4 heterocycles. The molecule has 1 aromatic carbocycles. The summed E-state index contributed by atoms with van der Waals surface area (Å²) in [4.78, 5) is 39.1. The highest BCUT2D eigenvalue weighted by molar-refractivity contribution is 5.99. The maximum atomic E-state index is 13.2. The van der Waals surface area contributed by atoms with Crippen LogP contribution < -0.4 is 26.6 Å². The second kappa shape index (κ2) is 13.9. The molecule has 2 aromatic heterocycles. The summed E-state index contributed by atoms with van der Waals surface area (Å²) in [5, 5.41) is 8.85. The van der Waals surface area contributed by atoms with Gasteiger partial charge in [0.05, 0.1) is 11.6 Å². The first kappa shape index (κ1) is 28.4. The first-order valence-electron chi connectivity index (χ1n) is 14.6. The van der Waals surface area contributed by atoms with Gasteiger partial charge in [0, 0.05) is 44.3 Å². The minimum absolute atomic E-state index is 0.0743. The van der Waals surface area contributed by atoms with Crippen LogP contribution in [0.25, 0.3) is 0 Å². The number of hydrogen-bond donors (Lipinski definition) is 4. The number of benzene rings is 1. The Hall–Kier alpha value is -4.18. The van der Waals surface area contributed by atoms with Gasteiger partial charge < -0.3 is 31.5 Å². The molecule has 0 spiro atoms. The molecule has 216 valence electrons. The van der Waals surface area contributed by atoms with Crippen molar-refractivity contribution in [2.75, 3.05) is 48.7 Å². The van der Waals surface area contributed by atoms with E-state index in [-0.39, 0.29) is 18.0 Å². The second-order valence-electron chi connectivity index (χ2n) is 10.8. The SMILES string of the molecule is Nc1ccc(CNC(=O)Nc2ccc(C3CCCCN3c3ncccc3C(=O)NCCN3CCCCC3)cc2)cn1. The number of nitrogens with zero attached hydrogens (tertiary/aromatic N) is 4. The number of rotatable bonds is 9. The Morgan fingerprint density at radius 1 is 0.902 bits per heavy atom. The van der Waals surface area contributed by atoms with Gasteiger partial charge in [-0.1, -0.05) is 24.6 Å². The van der Waals surface area contributed by atoms with Crippen LogP contribution in [0.4, 0.5) is 22.1 Å². The fraction of sp³-hybridized carbons (Fsp3) is 0.419. The third-order valence-corrected chi connectivity index (χ3v) is 7.82.